The van der Waals surface area contributed by atoms with Gasteiger partial charge in [0.05, 0.1) is 12.1 Å². The van der Waals surface area contributed by atoms with Crippen molar-refractivity contribution < 1.29 is 19.4 Å². The molecule has 0 unspecified atom stereocenters. The molecule has 0 radical (unpaired) electrons. The highest BCUT2D eigenvalue weighted by molar-refractivity contribution is 5.78. The van der Waals surface area contributed by atoms with Gasteiger partial charge >= 0.3 is 6.09 Å². The van der Waals surface area contributed by atoms with E-state index in [2.05, 4.69) is 5.32 Å². The van der Waals surface area contributed by atoms with Crippen LogP contribution in [0.15, 0.2) is 30.3 Å². The summed E-state index contributed by atoms with van der Waals surface area (Å²) in [5, 5.41) is 13.2. The number of nitrogens with zero attached hydrogens (tertiary/aromatic N) is 1. The Labute approximate surface area is 171 Å². The summed E-state index contributed by atoms with van der Waals surface area (Å²) >= 11 is 0. The largest absolute Gasteiger partial charge is 0.445 e. The minimum Gasteiger partial charge on any atom is -0.445 e. The molecule has 6 nitrogen and oxygen atoms in total. The highest BCUT2D eigenvalue weighted by Gasteiger charge is 2.53. The summed E-state index contributed by atoms with van der Waals surface area (Å²) in [5.74, 6) is 2.90. The van der Waals surface area contributed by atoms with Crippen LogP contribution in [0.2, 0.25) is 0 Å². The first-order chi connectivity index (χ1) is 14.1. The van der Waals surface area contributed by atoms with Crippen LogP contribution in [0.3, 0.4) is 0 Å². The van der Waals surface area contributed by atoms with Gasteiger partial charge in [-0.15, -0.1) is 0 Å². The number of ether oxygens (including phenoxy) is 1. The zero-order valence-corrected chi connectivity index (χ0v) is 16.7. The maximum atomic E-state index is 12.8. The third-order valence-corrected chi connectivity index (χ3v) is 7.78. The molecule has 29 heavy (non-hydrogen) atoms. The van der Waals surface area contributed by atoms with Crippen molar-refractivity contribution in [3.05, 3.63) is 35.9 Å². The number of hydrogen-bond acceptors (Lipinski definition) is 4. The van der Waals surface area contributed by atoms with Gasteiger partial charge in [0.15, 0.2) is 0 Å². The van der Waals surface area contributed by atoms with Crippen molar-refractivity contribution in [1.82, 2.24) is 10.2 Å². The summed E-state index contributed by atoms with van der Waals surface area (Å²) in [5.41, 5.74) is 0.955. The Morgan fingerprint density at radius 3 is 2.24 bits per heavy atom. The number of carbonyl (C=O) groups excluding carboxylic acids is 2. The van der Waals surface area contributed by atoms with Crippen molar-refractivity contribution in [1.29, 1.82) is 0 Å². The number of amides is 2. The Hall–Kier alpha value is -2.08. The number of hydrogen-bond donors (Lipinski definition) is 2. The Morgan fingerprint density at radius 1 is 1.00 bits per heavy atom. The van der Waals surface area contributed by atoms with Crippen molar-refractivity contribution in [2.45, 2.75) is 50.9 Å². The maximum Gasteiger partial charge on any atom is 0.407 e. The SMILES string of the molecule is O=C(NC1CN(C(=O)CC2C3CC4CC2CC(C3)C4O)C1)OCc1ccccc1. The van der Waals surface area contributed by atoms with E-state index in [1.165, 1.54) is 0 Å². The highest BCUT2D eigenvalue weighted by Crippen LogP contribution is 2.57. The Morgan fingerprint density at radius 2 is 1.62 bits per heavy atom. The summed E-state index contributed by atoms with van der Waals surface area (Å²) < 4.78 is 5.25. The summed E-state index contributed by atoms with van der Waals surface area (Å²) in [7, 11) is 0. The topological polar surface area (TPSA) is 78.9 Å². The van der Waals surface area contributed by atoms with Gasteiger partial charge in [0.25, 0.3) is 0 Å². The molecule has 0 atom stereocenters. The third-order valence-electron chi connectivity index (χ3n) is 7.78. The van der Waals surface area contributed by atoms with Crippen LogP contribution in [-0.4, -0.2) is 47.2 Å². The predicted octanol–water partition coefficient (Wildman–Crippen LogP) is 2.56. The molecular formula is C23H30N2O4. The van der Waals surface area contributed by atoms with Crippen molar-refractivity contribution >= 4 is 12.0 Å². The molecule has 1 aliphatic heterocycles. The quantitative estimate of drug-likeness (QED) is 0.799. The second-order valence-corrected chi connectivity index (χ2v) is 9.54. The van der Waals surface area contributed by atoms with Crippen molar-refractivity contribution in [3.63, 3.8) is 0 Å². The monoisotopic (exact) mass is 398 g/mol. The van der Waals surface area contributed by atoms with Crippen LogP contribution in [0.1, 0.15) is 37.7 Å². The molecular weight excluding hydrogens is 368 g/mol. The van der Waals surface area contributed by atoms with E-state index in [0.29, 0.717) is 49.1 Å². The summed E-state index contributed by atoms with van der Waals surface area (Å²) in [6.07, 6.45) is 4.52. The number of rotatable bonds is 5. The Bertz CT molecular complexity index is 731. The molecule has 1 saturated heterocycles. The van der Waals surface area contributed by atoms with Crippen LogP contribution < -0.4 is 5.32 Å². The van der Waals surface area contributed by atoms with E-state index < -0.39 is 6.09 Å². The van der Waals surface area contributed by atoms with E-state index in [4.69, 9.17) is 4.74 Å². The van der Waals surface area contributed by atoms with Crippen LogP contribution >= 0.6 is 0 Å². The molecule has 6 heteroatoms. The summed E-state index contributed by atoms with van der Waals surface area (Å²) in [4.78, 5) is 26.6. The van der Waals surface area contributed by atoms with E-state index in [1.807, 2.05) is 35.2 Å². The molecule has 4 saturated carbocycles. The molecule has 4 aliphatic carbocycles. The van der Waals surface area contributed by atoms with Crippen LogP contribution in [0, 0.1) is 29.6 Å². The maximum absolute atomic E-state index is 12.8. The van der Waals surface area contributed by atoms with Crippen LogP contribution in [0.5, 0.6) is 0 Å². The van der Waals surface area contributed by atoms with Gasteiger partial charge in [-0.3, -0.25) is 4.79 Å². The fourth-order valence-electron chi connectivity index (χ4n) is 6.34. The lowest BCUT2D eigenvalue weighted by molar-refractivity contribution is -0.148. The van der Waals surface area contributed by atoms with Gasteiger partial charge in [0, 0.05) is 19.5 Å². The smallest absolute Gasteiger partial charge is 0.407 e. The van der Waals surface area contributed by atoms with Gasteiger partial charge < -0.3 is 20.1 Å². The molecule has 0 spiro atoms. The number of benzene rings is 1. The molecule has 1 aromatic rings. The number of alkyl carbamates (subject to hydrolysis) is 1. The lowest BCUT2D eigenvalue weighted by atomic mass is 9.50. The fraction of sp³-hybridized carbons (Fsp3) is 0.652. The van der Waals surface area contributed by atoms with Gasteiger partial charge in [0.1, 0.15) is 6.61 Å². The predicted molar refractivity (Wildman–Crippen MR) is 107 cm³/mol. The molecule has 2 amide bonds. The molecule has 5 fully saturated rings. The number of carbonyl (C=O) groups is 2. The van der Waals surface area contributed by atoms with Gasteiger partial charge in [-0.2, -0.15) is 0 Å². The molecule has 0 aromatic heterocycles. The number of likely N-dealkylation sites (tertiary alicyclic amines) is 1. The summed E-state index contributed by atoms with van der Waals surface area (Å²) in [6, 6.07) is 9.57. The van der Waals surface area contributed by atoms with Crippen molar-refractivity contribution in [2.24, 2.45) is 29.6 Å². The Balaban J connectivity index is 1.04. The van der Waals surface area contributed by atoms with Crippen LogP contribution in [0.4, 0.5) is 4.79 Å². The van der Waals surface area contributed by atoms with Gasteiger partial charge in [0.2, 0.25) is 5.91 Å². The number of aliphatic hydroxyl groups excluding tert-OH is 1. The molecule has 4 bridgehead atoms. The molecule has 2 N–H and O–H groups in total. The van der Waals surface area contributed by atoms with Gasteiger partial charge in [-0.05, 0) is 60.8 Å². The molecule has 156 valence electrons. The van der Waals surface area contributed by atoms with E-state index in [1.54, 1.807) is 0 Å². The van der Waals surface area contributed by atoms with E-state index >= 15 is 0 Å². The van der Waals surface area contributed by atoms with Crippen LogP contribution in [-0.2, 0) is 16.1 Å². The minimum absolute atomic E-state index is 0.0177. The summed E-state index contributed by atoms with van der Waals surface area (Å²) in [6.45, 7) is 1.40. The van der Waals surface area contributed by atoms with E-state index in [-0.39, 0.29) is 24.7 Å². The molecule has 6 rings (SSSR count). The van der Waals surface area contributed by atoms with Crippen LogP contribution in [0.25, 0.3) is 0 Å². The fourth-order valence-corrected chi connectivity index (χ4v) is 6.34. The lowest BCUT2D eigenvalue weighted by Gasteiger charge is -2.57. The van der Waals surface area contributed by atoms with Crippen molar-refractivity contribution in [3.8, 4) is 0 Å². The van der Waals surface area contributed by atoms with E-state index in [0.717, 1.165) is 31.2 Å². The number of aliphatic hydroxyl groups is 1. The zero-order valence-electron chi connectivity index (χ0n) is 16.7. The molecule has 5 aliphatic rings. The lowest BCUT2D eigenvalue weighted by Crippen LogP contribution is -2.61. The Kier molecular flexibility index (Phi) is 4.98. The minimum atomic E-state index is -0.425. The van der Waals surface area contributed by atoms with Gasteiger partial charge in [-0.25, -0.2) is 4.79 Å². The zero-order chi connectivity index (χ0) is 20.0. The average Bonchev–Trinajstić information content (AvgIpc) is 2.68. The van der Waals surface area contributed by atoms with Gasteiger partial charge in [-0.1, -0.05) is 30.3 Å². The standard InChI is InChI=1S/C23H30N2O4/c26-21(10-20-15-6-17-8-16(20)9-18(7-15)22(17)27)25-11-19(12-25)24-23(28)29-13-14-4-2-1-3-5-14/h1-5,15-20,22,27H,6-13H2,(H,24,28). The normalized spacial score (nSPS) is 35.3. The molecule has 1 aromatic carbocycles. The second kappa shape index (κ2) is 7.63. The first kappa shape index (κ1) is 18.9. The second-order valence-electron chi connectivity index (χ2n) is 9.54. The number of nitrogens with one attached hydrogen (secondary N) is 1. The average molecular weight is 399 g/mol. The first-order valence-corrected chi connectivity index (χ1v) is 11.0. The molecule has 1 heterocycles. The van der Waals surface area contributed by atoms with E-state index in [9.17, 15) is 14.7 Å². The first-order valence-electron chi connectivity index (χ1n) is 11.0. The highest BCUT2D eigenvalue weighted by atomic mass is 16.5. The van der Waals surface area contributed by atoms with Crippen molar-refractivity contribution in [2.75, 3.05) is 13.1 Å². The third kappa shape index (κ3) is 3.75.